The van der Waals surface area contributed by atoms with Crippen molar-refractivity contribution >= 4 is 0 Å². The number of aryl methyl sites for hydroxylation is 1. The molecule has 0 aliphatic heterocycles. The van der Waals surface area contributed by atoms with E-state index in [2.05, 4.69) is 29.4 Å². The molecule has 0 spiro atoms. The number of nitrogens with one attached hydrogen (secondary N) is 1. The number of hydrogen-bond donors (Lipinski definition) is 1. The van der Waals surface area contributed by atoms with Gasteiger partial charge in [0.25, 0.3) is 0 Å². The molecule has 0 radical (unpaired) electrons. The summed E-state index contributed by atoms with van der Waals surface area (Å²) in [5.41, 5.74) is 2.38. The van der Waals surface area contributed by atoms with E-state index in [9.17, 15) is 0 Å². The molecular weight excluding hydrogens is 184 g/mol. The summed E-state index contributed by atoms with van der Waals surface area (Å²) in [5, 5.41) is 3.61. The first-order chi connectivity index (χ1) is 7.24. The van der Waals surface area contributed by atoms with E-state index < -0.39 is 0 Å². The molecule has 15 heavy (non-hydrogen) atoms. The summed E-state index contributed by atoms with van der Waals surface area (Å²) >= 11 is 0. The van der Waals surface area contributed by atoms with Crippen LogP contribution in [0.15, 0.2) is 18.3 Å². The SMILES string of the molecule is Cc1ccc(CNC2CCC(C)C2)cn1. The second-order valence-electron chi connectivity index (χ2n) is 4.80. The van der Waals surface area contributed by atoms with Gasteiger partial charge in [0.2, 0.25) is 0 Å². The zero-order valence-electron chi connectivity index (χ0n) is 9.66. The highest BCUT2D eigenvalue weighted by molar-refractivity contribution is 5.12. The van der Waals surface area contributed by atoms with Crippen LogP contribution < -0.4 is 5.32 Å². The Labute approximate surface area is 92.1 Å². The van der Waals surface area contributed by atoms with Gasteiger partial charge in [0.05, 0.1) is 0 Å². The second kappa shape index (κ2) is 4.75. The quantitative estimate of drug-likeness (QED) is 0.818. The van der Waals surface area contributed by atoms with Crippen LogP contribution in [0.25, 0.3) is 0 Å². The molecule has 1 heterocycles. The lowest BCUT2D eigenvalue weighted by Crippen LogP contribution is -2.25. The lowest BCUT2D eigenvalue weighted by molar-refractivity contribution is 0.502. The van der Waals surface area contributed by atoms with Crippen LogP contribution in [0.3, 0.4) is 0 Å². The van der Waals surface area contributed by atoms with E-state index in [0.717, 1.165) is 24.2 Å². The van der Waals surface area contributed by atoms with Crippen LogP contribution in [0.1, 0.15) is 37.4 Å². The molecule has 1 aromatic heterocycles. The first kappa shape index (κ1) is 10.6. The van der Waals surface area contributed by atoms with Gasteiger partial charge in [-0.1, -0.05) is 13.0 Å². The van der Waals surface area contributed by atoms with Crippen LogP contribution in [-0.4, -0.2) is 11.0 Å². The predicted molar refractivity (Wildman–Crippen MR) is 62.6 cm³/mol. The summed E-state index contributed by atoms with van der Waals surface area (Å²) in [7, 11) is 0. The van der Waals surface area contributed by atoms with Crippen molar-refractivity contribution in [3.05, 3.63) is 29.6 Å². The van der Waals surface area contributed by atoms with Crippen molar-refractivity contribution in [2.24, 2.45) is 5.92 Å². The third-order valence-electron chi connectivity index (χ3n) is 3.26. The van der Waals surface area contributed by atoms with Crippen LogP contribution in [0.4, 0.5) is 0 Å². The van der Waals surface area contributed by atoms with Crippen LogP contribution in [0.2, 0.25) is 0 Å². The fourth-order valence-corrected chi connectivity index (χ4v) is 2.26. The summed E-state index contributed by atoms with van der Waals surface area (Å²) in [6.45, 7) is 5.33. The fraction of sp³-hybridized carbons (Fsp3) is 0.615. The van der Waals surface area contributed by atoms with Gasteiger partial charge in [0.1, 0.15) is 0 Å². The van der Waals surface area contributed by atoms with E-state index in [1.165, 1.54) is 24.8 Å². The van der Waals surface area contributed by atoms with Crippen molar-refractivity contribution < 1.29 is 0 Å². The van der Waals surface area contributed by atoms with Crippen molar-refractivity contribution in [2.75, 3.05) is 0 Å². The molecule has 2 unspecified atom stereocenters. The number of rotatable bonds is 3. The minimum absolute atomic E-state index is 0.723. The van der Waals surface area contributed by atoms with E-state index in [1.807, 2.05) is 13.1 Å². The normalized spacial score (nSPS) is 25.7. The Morgan fingerprint density at radius 2 is 2.27 bits per heavy atom. The van der Waals surface area contributed by atoms with Crippen LogP contribution in [0, 0.1) is 12.8 Å². The van der Waals surface area contributed by atoms with E-state index >= 15 is 0 Å². The zero-order chi connectivity index (χ0) is 10.7. The monoisotopic (exact) mass is 204 g/mol. The Hall–Kier alpha value is -0.890. The summed E-state index contributed by atoms with van der Waals surface area (Å²) < 4.78 is 0. The highest BCUT2D eigenvalue weighted by Crippen LogP contribution is 2.24. The molecule has 2 rings (SSSR count). The van der Waals surface area contributed by atoms with Crippen LogP contribution >= 0.6 is 0 Å². The molecule has 1 aliphatic rings. The largest absolute Gasteiger partial charge is 0.310 e. The van der Waals surface area contributed by atoms with E-state index in [4.69, 9.17) is 0 Å². The molecule has 1 aromatic rings. The number of hydrogen-bond acceptors (Lipinski definition) is 2. The molecule has 2 nitrogen and oxygen atoms in total. The van der Waals surface area contributed by atoms with Crippen LogP contribution in [-0.2, 0) is 6.54 Å². The van der Waals surface area contributed by atoms with Crippen molar-refractivity contribution in [2.45, 2.75) is 45.7 Å². The van der Waals surface area contributed by atoms with E-state index in [0.29, 0.717) is 0 Å². The van der Waals surface area contributed by atoms with Crippen molar-refractivity contribution in [3.8, 4) is 0 Å². The topological polar surface area (TPSA) is 24.9 Å². The summed E-state index contributed by atoms with van der Waals surface area (Å²) in [4.78, 5) is 4.30. The maximum Gasteiger partial charge on any atom is 0.0372 e. The summed E-state index contributed by atoms with van der Waals surface area (Å²) in [5.74, 6) is 0.902. The molecule has 1 N–H and O–H groups in total. The fourth-order valence-electron chi connectivity index (χ4n) is 2.26. The van der Waals surface area contributed by atoms with Gasteiger partial charge in [0.15, 0.2) is 0 Å². The second-order valence-corrected chi connectivity index (χ2v) is 4.80. The molecule has 82 valence electrons. The molecule has 1 aliphatic carbocycles. The minimum Gasteiger partial charge on any atom is -0.310 e. The average Bonchev–Trinajstić information content (AvgIpc) is 2.64. The third-order valence-corrected chi connectivity index (χ3v) is 3.26. The van der Waals surface area contributed by atoms with Gasteiger partial charge in [0, 0.05) is 24.5 Å². The lowest BCUT2D eigenvalue weighted by Gasteiger charge is -2.12. The molecule has 1 saturated carbocycles. The third kappa shape index (κ3) is 3.03. The maximum absolute atomic E-state index is 4.30. The Kier molecular flexibility index (Phi) is 3.37. The molecule has 0 amide bonds. The van der Waals surface area contributed by atoms with Crippen LogP contribution in [0.5, 0.6) is 0 Å². The highest BCUT2D eigenvalue weighted by atomic mass is 14.9. The van der Waals surface area contributed by atoms with Crippen molar-refractivity contribution in [3.63, 3.8) is 0 Å². The Morgan fingerprint density at radius 1 is 1.40 bits per heavy atom. The highest BCUT2D eigenvalue weighted by Gasteiger charge is 2.20. The van der Waals surface area contributed by atoms with Gasteiger partial charge in [-0.05, 0) is 43.7 Å². The van der Waals surface area contributed by atoms with Crippen molar-refractivity contribution in [1.82, 2.24) is 10.3 Å². The first-order valence-electron chi connectivity index (χ1n) is 5.89. The van der Waals surface area contributed by atoms with Gasteiger partial charge >= 0.3 is 0 Å². The van der Waals surface area contributed by atoms with Gasteiger partial charge in [-0.25, -0.2) is 0 Å². The van der Waals surface area contributed by atoms with Gasteiger partial charge in [-0.2, -0.15) is 0 Å². The Balaban J connectivity index is 1.80. The summed E-state index contributed by atoms with van der Waals surface area (Å²) in [6.07, 6.45) is 6.02. The molecule has 0 aromatic carbocycles. The molecule has 2 atom stereocenters. The van der Waals surface area contributed by atoms with Crippen molar-refractivity contribution in [1.29, 1.82) is 0 Å². The maximum atomic E-state index is 4.30. The zero-order valence-corrected chi connectivity index (χ0v) is 9.66. The minimum atomic E-state index is 0.723. The summed E-state index contributed by atoms with van der Waals surface area (Å²) in [6, 6.07) is 4.96. The Bertz CT molecular complexity index is 305. The average molecular weight is 204 g/mol. The van der Waals surface area contributed by atoms with Gasteiger partial charge in [-0.3, -0.25) is 4.98 Å². The lowest BCUT2D eigenvalue weighted by atomic mass is 10.1. The molecule has 0 bridgehead atoms. The number of pyridine rings is 1. The van der Waals surface area contributed by atoms with Gasteiger partial charge in [-0.15, -0.1) is 0 Å². The molecule has 2 heteroatoms. The predicted octanol–water partition coefficient (Wildman–Crippen LogP) is 2.67. The Morgan fingerprint density at radius 3 is 2.87 bits per heavy atom. The van der Waals surface area contributed by atoms with E-state index in [1.54, 1.807) is 0 Å². The number of nitrogens with zero attached hydrogens (tertiary/aromatic N) is 1. The van der Waals surface area contributed by atoms with Gasteiger partial charge < -0.3 is 5.32 Å². The molecule has 1 fully saturated rings. The standard InChI is InChI=1S/C13H20N2/c1-10-3-6-13(7-10)15-9-12-5-4-11(2)14-8-12/h4-5,8,10,13,15H,3,6-7,9H2,1-2H3. The molecule has 0 saturated heterocycles. The smallest absolute Gasteiger partial charge is 0.0372 e. The first-order valence-corrected chi connectivity index (χ1v) is 5.89. The number of aromatic nitrogens is 1. The molecular formula is C13H20N2. The van der Waals surface area contributed by atoms with E-state index in [-0.39, 0.29) is 0 Å².